The summed E-state index contributed by atoms with van der Waals surface area (Å²) in [7, 11) is 0. The van der Waals surface area contributed by atoms with Crippen LogP contribution in [0.1, 0.15) is 53.9 Å². The zero-order valence-electron chi connectivity index (χ0n) is 19.0. The molecule has 3 rings (SSSR count). The van der Waals surface area contributed by atoms with E-state index in [-0.39, 0.29) is 35.5 Å². The summed E-state index contributed by atoms with van der Waals surface area (Å²) in [6.45, 7) is 10.4. The van der Waals surface area contributed by atoms with Crippen molar-refractivity contribution in [3.05, 3.63) is 0 Å². The molecule has 1 saturated carbocycles. The van der Waals surface area contributed by atoms with Crippen molar-refractivity contribution in [3.63, 3.8) is 0 Å². The average molecular weight is 435 g/mol. The Bertz CT molecular complexity index is 787. The van der Waals surface area contributed by atoms with Gasteiger partial charge in [0, 0.05) is 24.5 Å². The van der Waals surface area contributed by atoms with Gasteiger partial charge in [0.25, 0.3) is 0 Å². The normalized spacial score (nSPS) is 30.0. The van der Waals surface area contributed by atoms with Gasteiger partial charge in [-0.25, -0.2) is 0 Å². The summed E-state index contributed by atoms with van der Waals surface area (Å²) in [4.78, 5) is 63.5. The third-order valence-electron chi connectivity index (χ3n) is 6.85. The quantitative estimate of drug-likeness (QED) is 0.414. The fourth-order valence-corrected chi connectivity index (χ4v) is 5.10. The lowest BCUT2D eigenvalue weighted by molar-refractivity contribution is -0.150. The fourth-order valence-electron chi connectivity index (χ4n) is 5.10. The van der Waals surface area contributed by atoms with Crippen molar-refractivity contribution in [2.24, 2.45) is 23.2 Å². The minimum Gasteiger partial charge on any atom is -0.356 e. The van der Waals surface area contributed by atoms with Crippen LogP contribution in [-0.4, -0.2) is 65.5 Å². The van der Waals surface area contributed by atoms with Gasteiger partial charge < -0.3 is 25.6 Å². The number of likely N-dealkylation sites (tertiary alicyclic amines) is 1. The molecule has 3 fully saturated rings. The first-order valence-electron chi connectivity index (χ1n) is 11.0. The number of amides is 4. The molecule has 172 valence electrons. The maximum absolute atomic E-state index is 13.2. The Kier molecular flexibility index (Phi) is 6.17. The molecule has 0 bridgehead atoms. The maximum atomic E-state index is 13.2. The summed E-state index contributed by atoms with van der Waals surface area (Å²) in [5.41, 5.74) is -0.686. The SMILES string of the molecule is CC(C)(C)NC(=O)C(=O)N1C[C@H]2[C@@H]([C@H]1C(=O)N[C@H](C=O)C[C@@H]1CCCNC1=O)C2(C)C. The number of hydrogen-bond acceptors (Lipinski definition) is 5. The lowest BCUT2D eigenvalue weighted by atomic mass is 9.91. The first-order chi connectivity index (χ1) is 14.4. The van der Waals surface area contributed by atoms with Crippen LogP contribution in [0.2, 0.25) is 0 Å². The molecule has 2 heterocycles. The predicted octanol–water partition coefficient (Wildman–Crippen LogP) is -0.0159. The second-order valence-electron chi connectivity index (χ2n) is 10.7. The number of nitrogens with zero attached hydrogens (tertiary/aromatic N) is 1. The van der Waals surface area contributed by atoms with E-state index in [0.29, 0.717) is 25.8 Å². The minimum atomic E-state index is -0.817. The molecular weight excluding hydrogens is 400 g/mol. The second-order valence-corrected chi connectivity index (χ2v) is 10.7. The summed E-state index contributed by atoms with van der Waals surface area (Å²) in [6.07, 6.45) is 2.37. The van der Waals surface area contributed by atoms with E-state index >= 15 is 0 Å². The number of piperidine rings is 2. The maximum Gasteiger partial charge on any atom is 0.312 e. The van der Waals surface area contributed by atoms with Crippen LogP contribution in [0.4, 0.5) is 0 Å². The highest BCUT2D eigenvalue weighted by Crippen LogP contribution is 2.64. The molecule has 3 aliphatic rings. The first kappa shape index (κ1) is 23.2. The molecule has 0 radical (unpaired) electrons. The highest BCUT2D eigenvalue weighted by Gasteiger charge is 2.69. The third kappa shape index (κ3) is 4.75. The molecule has 5 atom stereocenters. The van der Waals surface area contributed by atoms with E-state index < -0.39 is 35.3 Å². The van der Waals surface area contributed by atoms with Gasteiger partial charge in [-0.3, -0.25) is 19.2 Å². The highest BCUT2D eigenvalue weighted by molar-refractivity contribution is 6.35. The van der Waals surface area contributed by atoms with Crippen molar-refractivity contribution in [1.82, 2.24) is 20.9 Å². The zero-order chi connectivity index (χ0) is 23.1. The van der Waals surface area contributed by atoms with Gasteiger partial charge in [-0.1, -0.05) is 13.8 Å². The molecule has 2 aliphatic heterocycles. The average Bonchev–Trinajstić information content (AvgIpc) is 3.02. The monoisotopic (exact) mass is 434 g/mol. The Morgan fingerprint density at radius 3 is 2.55 bits per heavy atom. The number of aldehydes is 1. The Balaban J connectivity index is 1.71. The van der Waals surface area contributed by atoms with Gasteiger partial charge in [-0.05, 0) is 57.3 Å². The largest absolute Gasteiger partial charge is 0.356 e. The van der Waals surface area contributed by atoms with Gasteiger partial charge in [0.2, 0.25) is 11.8 Å². The van der Waals surface area contributed by atoms with Crippen LogP contribution in [-0.2, 0) is 24.0 Å². The van der Waals surface area contributed by atoms with E-state index in [4.69, 9.17) is 0 Å². The second kappa shape index (κ2) is 8.24. The van der Waals surface area contributed by atoms with Crippen LogP contribution in [0.5, 0.6) is 0 Å². The van der Waals surface area contributed by atoms with E-state index in [0.717, 1.165) is 6.42 Å². The minimum absolute atomic E-state index is 0.0656. The number of hydrogen-bond donors (Lipinski definition) is 3. The molecule has 2 saturated heterocycles. The molecule has 9 heteroatoms. The summed E-state index contributed by atoms with van der Waals surface area (Å²) in [5, 5.41) is 8.17. The van der Waals surface area contributed by atoms with E-state index in [1.54, 1.807) is 20.8 Å². The molecule has 31 heavy (non-hydrogen) atoms. The standard InChI is InChI=1S/C22H34N4O5/c1-21(2,3)25-19(30)20(31)26-10-14-15(22(14,4)5)16(26)18(29)24-13(11-27)9-12-7-6-8-23-17(12)28/h11-16H,6-10H2,1-5H3,(H,23,28)(H,24,29)(H,25,30)/t12-,13-,14-,15-,16-/m0/s1. The van der Waals surface area contributed by atoms with Gasteiger partial charge in [0.1, 0.15) is 12.3 Å². The van der Waals surface area contributed by atoms with Crippen molar-refractivity contribution < 1.29 is 24.0 Å². The van der Waals surface area contributed by atoms with Crippen LogP contribution >= 0.6 is 0 Å². The van der Waals surface area contributed by atoms with Gasteiger partial charge in [0.05, 0.1) is 6.04 Å². The fraction of sp³-hybridized carbons (Fsp3) is 0.773. The Morgan fingerprint density at radius 2 is 1.97 bits per heavy atom. The summed E-state index contributed by atoms with van der Waals surface area (Å²) in [6, 6.07) is -1.62. The summed E-state index contributed by atoms with van der Waals surface area (Å²) >= 11 is 0. The van der Waals surface area contributed by atoms with Crippen LogP contribution in [0, 0.1) is 23.2 Å². The van der Waals surface area contributed by atoms with Crippen molar-refractivity contribution in [2.45, 2.75) is 71.5 Å². The predicted molar refractivity (Wildman–Crippen MR) is 113 cm³/mol. The topological polar surface area (TPSA) is 125 Å². The van der Waals surface area contributed by atoms with Gasteiger partial charge in [-0.15, -0.1) is 0 Å². The lowest BCUT2D eigenvalue weighted by Crippen LogP contribution is -2.57. The van der Waals surface area contributed by atoms with Gasteiger partial charge in [0.15, 0.2) is 0 Å². The lowest BCUT2D eigenvalue weighted by Gasteiger charge is -2.32. The third-order valence-corrected chi connectivity index (χ3v) is 6.85. The molecular formula is C22H34N4O5. The van der Waals surface area contributed by atoms with Gasteiger partial charge in [-0.2, -0.15) is 0 Å². The van der Waals surface area contributed by atoms with E-state index in [1.807, 2.05) is 13.8 Å². The van der Waals surface area contributed by atoms with E-state index in [2.05, 4.69) is 16.0 Å². The zero-order valence-corrected chi connectivity index (χ0v) is 19.0. The Labute approximate surface area is 183 Å². The van der Waals surface area contributed by atoms with Crippen LogP contribution in [0.15, 0.2) is 0 Å². The molecule has 0 spiro atoms. The van der Waals surface area contributed by atoms with E-state index in [1.165, 1.54) is 4.90 Å². The number of carbonyl (C=O) groups excluding carboxylic acids is 5. The van der Waals surface area contributed by atoms with Crippen molar-refractivity contribution in [3.8, 4) is 0 Å². The van der Waals surface area contributed by atoms with Crippen LogP contribution in [0.25, 0.3) is 0 Å². The summed E-state index contributed by atoms with van der Waals surface area (Å²) < 4.78 is 0. The number of rotatable bonds is 5. The smallest absolute Gasteiger partial charge is 0.312 e. The van der Waals surface area contributed by atoms with Crippen LogP contribution < -0.4 is 16.0 Å². The molecule has 0 aromatic heterocycles. The Morgan fingerprint density at radius 1 is 1.29 bits per heavy atom. The number of nitrogens with one attached hydrogen (secondary N) is 3. The number of fused-ring (bicyclic) bond motifs is 1. The van der Waals surface area contributed by atoms with Crippen molar-refractivity contribution in [2.75, 3.05) is 13.1 Å². The number of carbonyl (C=O) groups is 5. The van der Waals surface area contributed by atoms with Gasteiger partial charge >= 0.3 is 11.8 Å². The van der Waals surface area contributed by atoms with E-state index in [9.17, 15) is 24.0 Å². The van der Waals surface area contributed by atoms with Crippen LogP contribution in [0.3, 0.4) is 0 Å². The summed E-state index contributed by atoms with van der Waals surface area (Å²) in [5.74, 6) is -2.27. The van der Waals surface area contributed by atoms with Crippen molar-refractivity contribution in [1.29, 1.82) is 0 Å². The Hall–Kier alpha value is -2.45. The molecule has 0 aromatic carbocycles. The molecule has 0 aromatic rings. The highest BCUT2D eigenvalue weighted by atomic mass is 16.2. The molecule has 4 amide bonds. The molecule has 9 nitrogen and oxygen atoms in total. The first-order valence-corrected chi connectivity index (χ1v) is 11.0. The molecule has 0 unspecified atom stereocenters. The molecule has 1 aliphatic carbocycles. The van der Waals surface area contributed by atoms with Crippen molar-refractivity contribution >= 4 is 29.9 Å². The molecule has 3 N–H and O–H groups in total.